The maximum atomic E-state index is 5.79. The molecule has 21 heavy (non-hydrogen) atoms. The zero-order valence-corrected chi connectivity index (χ0v) is 12.5. The second-order valence-electron chi connectivity index (χ2n) is 5.56. The summed E-state index contributed by atoms with van der Waals surface area (Å²) in [6.07, 6.45) is 4.31. The Hall–Kier alpha value is -2.15. The molecule has 7 heteroatoms. The molecule has 0 saturated carbocycles. The van der Waals surface area contributed by atoms with E-state index in [1.165, 1.54) is 12.1 Å². The quantitative estimate of drug-likeness (QED) is 0.878. The molecule has 0 radical (unpaired) electrons. The summed E-state index contributed by atoms with van der Waals surface area (Å²) in [4.78, 5) is 20.4. The first-order chi connectivity index (χ1) is 10.1. The van der Waals surface area contributed by atoms with Gasteiger partial charge in [-0.15, -0.1) is 0 Å². The van der Waals surface area contributed by atoms with Crippen LogP contribution < -0.4 is 10.6 Å². The van der Waals surface area contributed by atoms with Crippen LogP contribution >= 0.6 is 0 Å². The van der Waals surface area contributed by atoms with Gasteiger partial charge in [0.05, 0.1) is 12.6 Å². The van der Waals surface area contributed by atoms with Crippen molar-refractivity contribution in [2.24, 2.45) is 0 Å². The number of nitrogens with one attached hydrogen (secondary N) is 1. The Bertz CT molecular complexity index is 593. The first-order valence-electron chi connectivity index (χ1n) is 7.18. The largest absolute Gasteiger partial charge is 0.368 e. The van der Waals surface area contributed by atoms with Crippen molar-refractivity contribution in [2.75, 3.05) is 31.3 Å². The third-order valence-corrected chi connectivity index (χ3v) is 3.78. The number of hydrogen-bond donors (Lipinski definition) is 2. The SMILES string of the molecule is CN(C)c1nc(N)nc(CN2CCC[C@@H]2c2ccc[nH]2)n1. The smallest absolute Gasteiger partial charge is 0.229 e. The van der Waals surface area contributed by atoms with Gasteiger partial charge in [-0.25, -0.2) is 0 Å². The van der Waals surface area contributed by atoms with Crippen molar-refractivity contribution in [3.8, 4) is 0 Å². The fourth-order valence-electron chi connectivity index (χ4n) is 2.80. The summed E-state index contributed by atoms with van der Waals surface area (Å²) in [5, 5.41) is 0. The van der Waals surface area contributed by atoms with Crippen molar-refractivity contribution < 1.29 is 0 Å². The third kappa shape index (κ3) is 2.97. The van der Waals surface area contributed by atoms with Crippen LogP contribution in [0.15, 0.2) is 18.3 Å². The molecule has 1 aliphatic heterocycles. The predicted octanol–water partition coefficient (Wildman–Crippen LogP) is 1.18. The van der Waals surface area contributed by atoms with E-state index in [-0.39, 0.29) is 5.95 Å². The summed E-state index contributed by atoms with van der Waals surface area (Å²) < 4.78 is 0. The van der Waals surface area contributed by atoms with Gasteiger partial charge in [-0.3, -0.25) is 4.90 Å². The normalized spacial score (nSPS) is 19.0. The summed E-state index contributed by atoms with van der Waals surface area (Å²) in [6, 6.07) is 4.58. The molecule has 2 aromatic heterocycles. The number of H-pyrrole nitrogens is 1. The van der Waals surface area contributed by atoms with E-state index in [1.807, 2.05) is 31.3 Å². The molecule has 0 aliphatic carbocycles. The van der Waals surface area contributed by atoms with Gasteiger partial charge in [0, 0.05) is 26.0 Å². The van der Waals surface area contributed by atoms with Crippen LogP contribution in [-0.2, 0) is 6.54 Å². The lowest BCUT2D eigenvalue weighted by molar-refractivity contribution is 0.239. The van der Waals surface area contributed by atoms with E-state index in [9.17, 15) is 0 Å². The number of aromatic nitrogens is 4. The maximum absolute atomic E-state index is 5.79. The number of aromatic amines is 1. The molecule has 1 atom stereocenters. The highest BCUT2D eigenvalue weighted by atomic mass is 15.3. The van der Waals surface area contributed by atoms with Gasteiger partial charge >= 0.3 is 0 Å². The number of nitrogens with two attached hydrogens (primary N) is 1. The minimum absolute atomic E-state index is 0.277. The standard InChI is InChI=1S/C14H21N7/c1-20(2)14-18-12(17-13(15)19-14)9-21-8-4-6-11(21)10-5-3-7-16-10/h3,5,7,11,16H,4,6,8-9H2,1-2H3,(H2,15,17,18,19)/t11-/m1/s1. The minimum Gasteiger partial charge on any atom is -0.368 e. The van der Waals surface area contributed by atoms with Crippen LogP contribution in [0.4, 0.5) is 11.9 Å². The van der Waals surface area contributed by atoms with Gasteiger partial charge in [0.25, 0.3) is 0 Å². The minimum atomic E-state index is 0.277. The molecule has 3 heterocycles. The molecule has 0 spiro atoms. The topological polar surface area (TPSA) is 87.0 Å². The van der Waals surface area contributed by atoms with Gasteiger partial charge in [-0.2, -0.15) is 15.0 Å². The molecule has 0 unspecified atom stereocenters. The fraction of sp³-hybridized carbons (Fsp3) is 0.500. The molecular weight excluding hydrogens is 266 g/mol. The first kappa shape index (κ1) is 13.8. The molecule has 1 fully saturated rings. The van der Waals surface area contributed by atoms with Gasteiger partial charge in [-0.1, -0.05) is 0 Å². The summed E-state index contributed by atoms with van der Waals surface area (Å²) >= 11 is 0. The third-order valence-electron chi connectivity index (χ3n) is 3.78. The Morgan fingerprint density at radius 2 is 2.24 bits per heavy atom. The average Bonchev–Trinajstić information content (AvgIpc) is 3.08. The zero-order chi connectivity index (χ0) is 14.8. The lowest BCUT2D eigenvalue weighted by atomic mass is 10.1. The molecule has 1 saturated heterocycles. The van der Waals surface area contributed by atoms with Crippen LogP contribution in [0.25, 0.3) is 0 Å². The van der Waals surface area contributed by atoms with Crippen LogP contribution in [0, 0.1) is 0 Å². The van der Waals surface area contributed by atoms with Crippen molar-refractivity contribution in [3.63, 3.8) is 0 Å². The van der Waals surface area contributed by atoms with E-state index >= 15 is 0 Å². The monoisotopic (exact) mass is 287 g/mol. The number of nitrogen functional groups attached to an aromatic ring is 1. The Labute approximate surface area is 124 Å². The molecule has 7 nitrogen and oxygen atoms in total. The van der Waals surface area contributed by atoms with Crippen molar-refractivity contribution in [1.82, 2.24) is 24.8 Å². The highest BCUT2D eigenvalue weighted by Crippen LogP contribution is 2.31. The molecule has 3 rings (SSSR count). The predicted molar refractivity (Wildman–Crippen MR) is 81.7 cm³/mol. The van der Waals surface area contributed by atoms with E-state index in [0.717, 1.165) is 18.8 Å². The van der Waals surface area contributed by atoms with Gasteiger partial charge in [0.1, 0.15) is 5.82 Å². The van der Waals surface area contributed by atoms with E-state index in [2.05, 4.69) is 30.9 Å². The van der Waals surface area contributed by atoms with Crippen LogP contribution in [-0.4, -0.2) is 45.5 Å². The highest BCUT2D eigenvalue weighted by molar-refractivity contribution is 5.32. The molecule has 2 aromatic rings. The molecule has 3 N–H and O–H groups in total. The number of nitrogens with zero attached hydrogens (tertiary/aromatic N) is 5. The summed E-state index contributed by atoms with van der Waals surface area (Å²) in [5.74, 6) is 1.61. The molecular formula is C14H21N7. The maximum Gasteiger partial charge on any atom is 0.229 e. The number of likely N-dealkylation sites (tertiary alicyclic amines) is 1. The Kier molecular flexibility index (Phi) is 3.74. The molecule has 112 valence electrons. The second-order valence-corrected chi connectivity index (χ2v) is 5.56. The summed E-state index contributed by atoms with van der Waals surface area (Å²) in [5.41, 5.74) is 7.04. The van der Waals surface area contributed by atoms with Crippen LogP contribution in [0.1, 0.15) is 30.4 Å². The highest BCUT2D eigenvalue weighted by Gasteiger charge is 2.27. The van der Waals surface area contributed by atoms with Crippen LogP contribution in [0.5, 0.6) is 0 Å². The van der Waals surface area contributed by atoms with Crippen molar-refractivity contribution in [1.29, 1.82) is 0 Å². The summed E-state index contributed by atoms with van der Waals surface area (Å²) in [7, 11) is 3.80. The van der Waals surface area contributed by atoms with E-state index < -0.39 is 0 Å². The number of rotatable bonds is 4. The van der Waals surface area contributed by atoms with Crippen LogP contribution in [0.2, 0.25) is 0 Å². The Morgan fingerprint density at radius 1 is 1.38 bits per heavy atom. The zero-order valence-electron chi connectivity index (χ0n) is 12.5. The van der Waals surface area contributed by atoms with Crippen molar-refractivity contribution in [3.05, 3.63) is 29.8 Å². The Morgan fingerprint density at radius 3 is 2.95 bits per heavy atom. The fourth-order valence-corrected chi connectivity index (χ4v) is 2.80. The van der Waals surface area contributed by atoms with Gasteiger partial charge < -0.3 is 15.6 Å². The van der Waals surface area contributed by atoms with Gasteiger partial charge in [0.2, 0.25) is 11.9 Å². The second kappa shape index (κ2) is 5.69. The molecule has 0 bridgehead atoms. The van der Waals surface area contributed by atoms with E-state index in [4.69, 9.17) is 5.73 Å². The first-order valence-corrected chi connectivity index (χ1v) is 7.18. The lowest BCUT2D eigenvalue weighted by Gasteiger charge is -2.23. The van der Waals surface area contributed by atoms with E-state index in [1.54, 1.807) is 0 Å². The molecule has 1 aliphatic rings. The van der Waals surface area contributed by atoms with Crippen molar-refractivity contribution >= 4 is 11.9 Å². The van der Waals surface area contributed by atoms with E-state index in [0.29, 0.717) is 18.5 Å². The van der Waals surface area contributed by atoms with Gasteiger partial charge in [-0.05, 0) is 31.5 Å². The van der Waals surface area contributed by atoms with Crippen LogP contribution in [0.3, 0.4) is 0 Å². The molecule has 0 aromatic carbocycles. The van der Waals surface area contributed by atoms with Gasteiger partial charge in [0.15, 0.2) is 0 Å². The number of hydrogen-bond acceptors (Lipinski definition) is 6. The Balaban J connectivity index is 1.79. The van der Waals surface area contributed by atoms with Crippen molar-refractivity contribution in [2.45, 2.75) is 25.4 Å². The lowest BCUT2D eigenvalue weighted by Crippen LogP contribution is -2.25. The summed E-state index contributed by atoms with van der Waals surface area (Å²) in [6.45, 7) is 1.74. The molecule has 0 amide bonds. The number of anilines is 2. The average molecular weight is 287 g/mol.